The smallest absolute Gasteiger partial charge is 0.181 e. The Morgan fingerprint density at radius 1 is 1.28 bits per heavy atom. The van der Waals surface area contributed by atoms with Crippen LogP contribution in [-0.2, 0) is 6.42 Å². The van der Waals surface area contributed by atoms with Crippen LogP contribution in [0, 0.1) is 12.7 Å². The summed E-state index contributed by atoms with van der Waals surface area (Å²) < 4.78 is 13.4. The van der Waals surface area contributed by atoms with Gasteiger partial charge in [-0.3, -0.25) is 0 Å². The van der Waals surface area contributed by atoms with E-state index in [1.165, 1.54) is 11.1 Å². The first-order chi connectivity index (χ1) is 8.66. The fraction of sp³-hybridized carbons (Fsp3) is 0.286. The van der Waals surface area contributed by atoms with E-state index in [1.807, 2.05) is 12.1 Å². The average molecular weight is 263 g/mol. The van der Waals surface area contributed by atoms with Crippen LogP contribution in [0.15, 0.2) is 24.3 Å². The Bertz CT molecular complexity index is 589. The van der Waals surface area contributed by atoms with Crippen LogP contribution < -0.4 is 0 Å². The van der Waals surface area contributed by atoms with Crippen LogP contribution >= 0.6 is 11.6 Å². The van der Waals surface area contributed by atoms with Crippen LogP contribution in [-0.4, -0.2) is 9.97 Å². The van der Waals surface area contributed by atoms with Gasteiger partial charge in [0.05, 0.1) is 5.69 Å². The topological polar surface area (TPSA) is 25.8 Å². The zero-order valence-electron chi connectivity index (χ0n) is 9.95. The maximum Gasteiger partial charge on any atom is 0.181 e. The third kappa shape index (κ3) is 1.79. The molecule has 1 aromatic carbocycles. The van der Waals surface area contributed by atoms with Crippen molar-refractivity contribution in [3.05, 3.63) is 57.9 Å². The molecule has 0 spiro atoms. The van der Waals surface area contributed by atoms with Crippen molar-refractivity contribution in [1.82, 2.24) is 9.97 Å². The molecule has 1 aromatic heterocycles. The van der Waals surface area contributed by atoms with Crippen LogP contribution in [0.2, 0.25) is 5.15 Å². The number of hydrogen-bond donors (Lipinski definition) is 0. The van der Waals surface area contributed by atoms with Crippen molar-refractivity contribution in [3.63, 3.8) is 0 Å². The minimum Gasteiger partial charge on any atom is -0.234 e. The van der Waals surface area contributed by atoms with Crippen LogP contribution in [0.5, 0.6) is 0 Å². The van der Waals surface area contributed by atoms with Crippen molar-refractivity contribution < 1.29 is 4.39 Å². The van der Waals surface area contributed by atoms with E-state index < -0.39 is 5.82 Å². The standard InChI is InChI=1S/C14H12ClFN2/c1-8-12(16)13(15)18-14(17-8)11-7-6-9-4-2-3-5-10(9)11/h2-5,11H,6-7H2,1H3. The second-order valence-electron chi connectivity index (χ2n) is 4.56. The van der Waals surface area contributed by atoms with E-state index in [-0.39, 0.29) is 11.1 Å². The van der Waals surface area contributed by atoms with E-state index in [9.17, 15) is 4.39 Å². The molecule has 4 heteroatoms. The van der Waals surface area contributed by atoms with Crippen molar-refractivity contribution >= 4 is 11.6 Å². The fourth-order valence-electron chi connectivity index (χ4n) is 2.53. The van der Waals surface area contributed by atoms with Gasteiger partial charge in [-0.25, -0.2) is 14.4 Å². The molecule has 0 N–H and O–H groups in total. The normalized spacial score (nSPS) is 17.8. The van der Waals surface area contributed by atoms with Crippen molar-refractivity contribution in [3.8, 4) is 0 Å². The van der Waals surface area contributed by atoms with Gasteiger partial charge in [0.1, 0.15) is 5.82 Å². The van der Waals surface area contributed by atoms with Crippen molar-refractivity contribution in [2.24, 2.45) is 0 Å². The SMILES string of the molecule is Cc1nc(C2CCc3ccccc32)nc(Cl)c1F. The molecule has 0 amide bonds. The molecule has 0 saturated carbocycles. The minimum atomic E-state index is -0.522. The molecule has 0 bridgehead atoms. The minimum absolute atomic E-state index is 0.0816. The molecular weight excluding hydrogens is 251 g/mol. The predicted molar refractivity (Wildman–Crippen MR) is 68.3 cm³/mol. The van der Waals surface area contributed by atoms with Gasteiger partial charge in [-0.05, 0) is 30.9 Å². The fourth-order valence-corrected chi connectivity index (χ4v) is 2.75. The van der Waals surface area contributed by atoms with Crippen molar-refractivity contribution in [2.45, 2.75) is 25.7 Å². The summed E-state index contributed by atoms with van der Waals surface area (Å²) in [7, 11) is 0. The lowest BCUT2D eigenvalue weighted by molar-refractivity contribution is 0.590. The van der Waals surface area contributed by atoms with E-state index in [1.54, 1.807) is 6.92 Å². The van der Waals surface area contributed by atoms with Gasteiger partial charge < -0.3 is 0 Å². The number of nitrogens with zero attached hydrogens (tertiary/aromatic N) is 2. The molecule has 18 heavy (non-hydrogen) atoms. The summed E-state index contributed by atoms with van der Waals surface area (Å²) in [5, 5.41) is -0.0816. The Labute approximate surface area is 110 Å². The number of aromatic nitrogens is 2. The van der Waals surface area contributed by atoms with Gasteiger partial charge in [-0.2, -0.15) is 0 Å². The molecule has 2 nitrogen and oxygen atoms in total. The monoisotopic (exact) mass is 262 g/mol. The van der Waals surface area contributed by atoms with Gasteiger partial charge in [0.25, 0.3) is 0 Å². The number of fused-ring (bicyclic) bond motifs is 1. The molecule has 1 atom stereocenters. The van der Waals surface area contributed by atoms with Crippen LogP contribution in [0.4, 0.5) is 4.39 Å². The molecule has 1 unspecified atom stereocenters. The number of halogens is 2. The van der Waals surface area contributed by atoms with Gasteiger partial charge in [0, 0.05) is 5.92 Å². The molecule has 1 aliphatic rings. The van der Waals surface area contributed by atoms with Crippen molar-refractivity contribution in [1.29, 1.82) is 0 Å². The quantitative estimate of drug-likeness (QED) is 0.733. The molecule has 1 aliphatic carbocycles. The maximum absolute atomic E-state index is 13.4. The highest BCUT2D eigenvalue weighted by Gasteiger charge is 2.26. The summed E-state index contributed by atoms with van der Waals surface area (Å²) in [6.45, 7) is 1.62. The van der Waals surface area contributed by atoms with E-state index in [2.05, 4.69) is 22.1 Å². The maximum atomic E-state index is 13.4. The van der Waals surface area contributed by atoms with E-state index >= 15 is 0 Å². The van der Waals surface area contributed by atoms with Crippen LogP contribution in [0.3, 0.4) is 0 Å². The third-order valence-corrected chi connectivity index (χ3v) is 3.69. The summed E-state index contributed by atoms with van der Waals surface area (Å²) in [5.41, 5.74) is 2.87. The lowest BCUT2D eigenvalue weighted by Gasteiger charge is -2.11. The largest absolute Gasteiger partial charge is 0.234 e. The molecule has 3 rings (SSSR count). The highest BCUT2D eigenvalue weighted by atomic mass is 35.5. The first kappa shape index (κ1) is 11.6. The summed E-state index contributed by atoms with van der Waals surface area (Å²) in [5.74, 6) is 0.244. The molecule has 92 valence electrons. The molecule has 1 heterocycles. The summed E-state index contributed by atoms with van der Waals surface area (Å²) in [6.07, 6.45) is 1.97. The summed E-state index contributed by atoms with van der Waals surface area (Å²) >= 11 is 5.80. The lowest BCUT2D eigenvalue weighted by Crippen LogP contribution is -2.06. The van der Waals surface area contributed by atoms with Crippen LogP contribution in [0.1, 0.15) is 35.0 Å². The zero-order valence-corrected chi connectivity index (χ0v) is 10.7. The Morgan fingerprint density at radius 2 is 2.06 bits per heavy atom. The van der Waals surface area contributed by atoms with Gasteiger partial charge >= 0.3 is 0 Å². The second-order valence-corrected chi connectivity index (χ2v) is 4.92. The lowest BCUT2D eigenvalue weighted by atomic mass is 10.0. The molecule has 0 aliphatic heterocycles. The van der Waals surface area contributed by atoms with Crippen molar-refractivity contribution in [2.75, 3.05) is 0 Å². The zero-order chi connectivity index (χ0) is 12.7. The Balaban J connectivity index is 2.08. The molecule has 0 radical (unpaired) electrons. The highest BCUT2D eigenvalue weighted by molar-refractivity contribution is 6.29. The number of rotatable bonds is 1. The number of hydrogen-bond acceptors (Lipinski definition) is 2. The number of aryl methyl sites for hydroxylation is 2. The highest BCUT2D eigenvalue weighted by Crippen LogP contribution is 2.36. The van der Waals surface area contributed by atoms with E-state index in [0.29, 0.717) is 11.5 Å². The van der Waals surface area contributed by atoms with Gasteiger partial charge in [0.2, 0.25) is 0 Å². The Kier molecular flexibility index (Phi) is 2.78. The summed E-state index contributed by atoms with van der Waals surface area (Å²) in [6, 6.07) is 8.25. The molecule has 0 saturated heterocycles. The third-order valence-electron chi connectivity index (χ3n) is 3.44. The summed E-state index contributed by atoms with van der Waals surface area (Å²) in [4.78, 5) is 8.34. The molecule has 2 aromatic rings. The predicted octanol–water partition coefficient (Wildman–Crippen LogP) is 3.66. The first-order valence-electron chi connectivity index (χ1n) is 5.94. The first-order valence-corrected chi connectivity index (χ1v) is 6.32. The van der Waals surface area contributed by atoms with Gasteiger partial charge in [-0.1, -0.05) is 35.9 Å². The second kappa shape index (κ2) is 4.32. The Hall–Kier alpha value is -1.48. The molecular formula is C14H12ClFN2. The van der Waals surface area contributed by atoms with Gasteiger partial charge in [0.15, 0.2) is 11.0 Å². The average Bonchev–Trinajstić information content (AvgIpc) is 2.79. The number of benzene rings is 1. The molecule has 0 fully saturated rings. The van der Waals surface area contributed by atoms with Crippen LogP contribution in [0.25, 0.3) is 0 Å². The Morgan fingerprint density at radius 3 is 2.83 bits per heavy atom. The van der Waals surface area contributed by atoms with Gasteiger partial charge in [-0.15, -0.1) is 0 Å². The van der Waals surface area contributed by atoms with E-state index in [0.717, 1.165) is 12.8 Å². The van der Waals surface area contributed by atoms with E-state index in [4.69, 9.17) is 11.6 Å².